The number of hydrogen-bond acceptors (Lipinski definition) is 10. The summed E-state index contributed by atoms with van der Waals surface area (Å²) in [5.41, 5.74) is -1.76. The van der Waals surface area contributed by atoms with E-state index in [0.29, 0.717) is 6.07 Å². The number of nitro groups is 1. The summed E-state index contributed by atoms with van der Waals surface area (Å²) in [6.45, 7) is -0.971. The maximum atomic E-state index is 12.6. The molecule has 0 unspecified atom stereocenters. The minimum absolute atomic E-state index is 0.254. The lowest BCUT2D eigenvalue weighted by molar-refractivity contribution is -0.386. The summed E-state index contributed by atoms with van der Waals surface area (Å²) in [6, 6.07) is 14.6. The van der Waals surface area contributed by atoms with Gasteiger partial charge in [-0.15, -0.1) is 0 Å². The zero-order valence-corrected chi connectivity index (χ0v) is 19.3. The first-order valence-electron chi connectivity index (χ1n) is 9.05. The average Bonchev–Trinajstić information content (AvgIpc) is 2.77. The van der Waals surface area contributed by atoms with Gasteiger partial charge in [-0.3, -0.25) is 18.9 Å². The SMILES string of the molecule is O=[N+]([O-])c1c(COS(=O)(=O)c2ccccc2)ccc(S(=O)(=O)O)c1OS(=O)(=O)c1ccccc1. The van der Waals surface area contributed by atoms with Crippen molar-refractivity contribution in [1.29, 1.82) is 0 Å². The first-order chi connectivity index (χ1) is 15.8. The molecule has 0 heterocycles. The molecule has 0 fully saturated rings. The van der Waals surface area contributed by atoms with Gasteiger partial charge in [-0.1, -0.05) is 36.4 Å². The van der Waals surface area contributed by atoms with Crippen LogP contribution in [0, 0.1) is 10.1 Å². The molecule has 0 aliphatic carbocycles. The number of nitro benzene ring substituents is 1. The summed E-state index contributed by atoms with van der Waals surface area (Å²) < 4.78 is 92.7. The normalized spacial score (nSPS) is 12.3. The van der Waals surface area contributed by atoms with Crippen molar-refractivity contribution in [3.8, 4) is 5.75 Å². The molecule has 0 saturated carbocycles. The van der Waals surface area contributed by atoms with E-state index in [2.05, 4.69) is 0 Å². The molecule has 0 spiro atoms. The number of hydrogen-bond donors (Lipinski definition) is 1. The second-order valence-corrected chi connectivity index (χ2v) is 11.1. The van der Waals surface area contributed by atoms with Crippen molar-refractivity contribution in [2.75, 3.05) is 0 Å². The molecule has 3 aromatic rings. The Bertz CT molecular complexity index is 1540. The van der Waals surface area contributed by atoms with Crippen LogP contribution in [0.25, 0.3) is 0 Å². The molecule has 3 aromatic carbocycles. The first-order valence-corrected chi connectivity index (χ1v) is 13.3. The van der Waals surface area contributed by atoms with Gasteiger partial charge in [0.15, 0.2) is 0 Å². The van der Waals surface area contributed by atoms with Crippen LogP contribution in [0.3, 0.4) is 0 Å². The highest BCUT2D eigenvalue weighted by molar-refractivity contribution is 7.87. The highest BCUT2D eigenvalue weighted by atomic mass is 32.2. The van der Waals surface area contributed by atoms with Crippen LogP contribution in [0.1, 0.15) is 5.56 Å². The lowest BCUT2D eigenvalue weighted by Crippen LogP contribution is -2.15. The molecule has 3 rings (SSSR count). The molecule has 15 heteroatoms. The van der Waals surface area contributed by atoms with Crippen molar-refractivity contribution in [2.24, 2.45) is 0 Å². The quantitative estimate of drug-likeness (QED) is 0.186. The van der Waals surface area contributed by atoms with Crippen molar-refractivity contribution in [2.45, 2.75) is 21.3 Å². The Morgan fingerprint density at radius 3 is 1.74 bits per heavy atom. The standard InChI is InChI=1S/C19H15NO11S3/c21-20(22)18-14(13-30-33(26,27)15-7-3-1-4-8-15)11-12-17(32(23,24)25)19(18)31-34(28,29)16-9-5-2-6-10-16/h1-12H,13H2,(H,23,24,25). The lowest BCUT2D eigenvalue weighted by atomic mass is 10.2. The molecule has 0 amide bonds. The minimum Gasteiger partial charge on any atom is -0.370 e. The Kier molecular flexibility index (Phi) is 7.04. The third kappa shape index (κ3) is 5.57. The second kappa shape index (κ2) is 9.47. The van der Waals surface area contributed by atoms with Gasteiger partial charge in [0.05, 0.1) is 22.0 Å². The molecule has 0 bridgehead atoms. The van der Waals surface area contributed by atoms with Crippen LogP contribution in [0.15, 0.2) is 87.5 Å². The summed E-state index contributed by atoms with van der Waals surface area (Å²) in [7, 11) is -14.4. The molecule has 0 saturated heterocycles. The maximum Gasteiger partial charge on any atom is 0.339 e. The van der Waals surface area contributed by atoms with Crippen molar-refractivity contribution in [3.05, 3.63) is 88.5 Å². The van der Waals surface area contributed by atoms with Crippen LogP contribution >= 0.6 is 0 Å². The van der Waals surface area contributed by atoms with E-state index < -0.39 is 68.7 Å². The Hall–Kier alpha value is -3.37. The molecular formula is C19H15NO11S3. The largest absolute Gasteiger partial charge is 0.370 e. The van der Waals surface area contributed by atoms with Gasteiger partial charge in [0.2, 0.25) is 5.75 Å². The fraction of sp³-hybridized carbons (Fsp3) is 0.0526. The van der Waals surface area contributed by atoms with E-state index in [1.54, 1.807) is 6.07 Å². The van der Waals surface area contributed by atoms with Crippen molar-refractivity contribution >= 4 is 36.0 Å². The molecule has 0 atom stereocenters. The Labute approximate surface area is 194 Å². The Morgan fingerprint density at radius 2 is 1.26 bits per heavy atom. The molecule has 0 aromatic heterocycles. The van der Waals surface area contributed by atoms with Crippen molar-refractivity contribution in [1.82, 2.24) is 0 Å². The zero-order chi connectivity index (χ0) is 25.1. The number of rotatable bonds is 9. The van der Waals surface area contributed by atoms with Crippen LogP contribution in [0.5, 0.6) is 5.75 Å². The highest BCUT2D eigenvalue weighted by Gasteiger charge is 2.34. The van der Waals surface area contributed by atoms with Gasteiger partial charge >= 0.3 is 15.8 Å². The van der Waals surface area contributed by atoms with Crippen LogP contribution in [-0.2, 0) is 41.1 Å². The number of nitrogens with zero attached hydrogens (tertiary/aromatic N) is 1. The first kappa shape index (κ1) is 25.3. The molecule has 180 valence electrons. The summed E-state index contributed by atoms with van der Waals surface area (Å²) in [6.07, 6.45) is 0. The van der Waals surface area contributed by atoms with Gasteiger partial charge in [-0.05, 0) is 36.4 Å². The predicted molar refractivity (Wildman–Crippen MR) is 116 cm³/mol. The molecular weight excluding hydrogens is 514 g/mol. The van der Waals surface area contributed by atoms with E-state index in [4.69, 9.17) is 8.37 Å². The van der Waals surface area contributed by atoms with Gasteiger partial charge < -0.3 is 4.18 Å². The molecule has 0 radical (unpaired) electrons. The smallest absolute Gasteiger partial charge is 0.339 e. The van der Waals surface area contributed by atoms with Gasteiger partial charge in [0.25, 0.3) is 20.2 Å². The second-order valence-electron chi connectivity index (χ2n) is 6.51. The highest BCUT2D eigenvalue weighted by Crippen LogP contribution is 2.39. The van der Waals surface area contributed by atoms with Crippen molar-refractivity contribution < 1.29 is 43.1 Å². The fourth-order valence-corrected chi connectivity index (χ4v) is 5.28. The summed E-state index contributed by atoms with van der Waals surface area (Å²) in [4.78, 5) is 8.68. The predicted octanol–water partition coefficient (Wildman–Crippen LogP) is 2.51. The van der Waals surface area contributed by atoms with Crippen LogP contribution in [-0.4, -0.2) is 34.7 Å². The maximum absolute atomic E-state index is 12.6. The van der Waals surface area contributed by atoms with Crippen LogP contribution < -0.4 is 4.18 Å². The van der Waals surface area contributed by atoms with Crippen LogP contribution in [0.2, 0.25) is 0 Å². The third-order valence-corrected chi connectivity index (χ3v) is 7.66. The molecule has 0 aliphatic rings. The van der Waals surface area contributed by atoms with Gasteiger partial charge in [0, 0.05) is 0 Å². The summed E-state index contributed by atoms with van der Waals surface area (Å²) in [5.74, 6) is -1.32. The number of benzene rings is 3. The van der Waals surface area contributed by atoms with Gasteiger partial charge in [0.1, 0.15) is 9.79 Å². The van der Waals surface area contributed by atoms with E-state index in [9.17, 15) is 39.9 Å². The third-order valence-electron chi connectivity index (χ3n) is 4.27. The van der Waals surface area contributed by atoms with Crippen LogP contribution in [0.4, 0.5) is 5.69 Å². The van der Waals surface area contributed by atoms with E-state index >= 15 is 0 Å². The average molecular weight is 530 g/mol. The Morgan fingerprint density at radius 1 is 0.765 bits per heavy atom. The monoisotopic (exact) mass is 529 g/mol. The summed E-state index contributed by atoms with van der Waals surface area (Å²) >= 11 is 0. The van der Waals surface area contributed by atoms with Gasteiger partial charge in [-0.25, -0.2) is 0 Å². The summed E-state index contributed by atoms with van der Waals surface area (Å²) in [5, 5.41) is 11.8. The molecule has 12 nitrogen and oxygen atoms in total. The fourth-order valence-electron chi connectivity index (χ4n) is 2.73. The molecule has 1 N–H and O–H groups in total. The Balaban J connectivity index is 2.12. The van der Waals surface area contributed by atoms with E-state index in [-0.39, 0.29) is 4.90 Å². The molecule has 34 heavy (non-hydrogen) atoms. The topological polar surface area (TPSA) is 184 Å². The van der Waals surface area contributed by atoms with E-state index in [1.807, 2.05) is 0 Å². The lowest BCUT2D eigenvalue weighted by Gasteiger charge is -2.13. The minimum atomic E-state index is -5.20. The van der Waals surface area contributed by atoms with E-state index in [0.717, 1.165) is 18.2 Å². The zero-order valence-electron chi connectivity index (χ0n) is 16.8. The van der Waals surface area contributed by atoms with Gasteiger partial charge in [-0.2, -0.15) is 25.3 Å². The molecule has 0 aliphatic heterocycles. The van der Waals surface area contributed by atoms with E-state index in [1.165, 1.54) is 42.5 Å². The van der Waals surface area contributed by atoms with Crippen molar-refractivity contribution in [3.63, 3.8) is 0 Å².